The van der Waals surface area contributed by atoms with Crippen LogP contribution in [0.15, 0.2) is 41.4 Å². The molecule has 0 unspecified atom stereocenters. The highest BCUT2D eigenvalue weighted by Crippen LogP contribution is 2.23. The summed E-state index contributed by atoms with van der Waals surface area (Å²) in [7, 11) is 1.93. The first-order valence-electron chi connectivity index (χ1n) is 7.47. The van der Waals surface area contributed by atoms with Crippen molar-refractivity contribution in [2.75, 3.05) is 6.61 Å². The Kier molecular flexibility index (Phi) is 4.73. The molecule has 1 aromatic heterocycles. The number of aryl methyl sites for hydroxylation is 3. The van der Waals surface area contributed by atoms with Crippen molar-refractivity contribution in [3.05, 3.63) is 57.3 Å². The fraction of sp³-hybridized carbons (Fsp3) is 0.222. The van der Waals surface area contributed by atoms with E-state index >= 15 is 0 Å². The Hall–Kier alpha value is -2.11. The zero-order chi connectivity index (χ0) is 17.3. The van der Waals surface area contributed by atoms with Gasteiger partial charge in [0.2, 0.25) is 0 Å². The maximum atomic E-state index is 12.1. The third kappa shape index (κ3) is 3.37. The van der Waals surface area contributed by atoms with E-state index in [1.165, 1.54) is 22.5 Å². The molecule has 0 atom stereocenters. The SMILES string of the molecule is Cc1ccc2sc(=NC(=O)COc3ccc(Cl)cc3)n(C)c2c1C. The van der Waals surface area contributed by atoms with Crippen LogP contribution in [0.25, 0.3) is 10.2 Å². The fourth-order valence-corrected chi connectivity index (χ4v) is 3.67. The monoisotopic (exact) mass is 360 g/mol. The van der Waals surface area contributed by atoms with Crippen LogP contribution in [0.3, 0.4) is 0 Å². The maximum Gasteiger partial charge on any atom is 0.286 e. The van der Waals surface area contributed by atoms with E-state index in [4.69, 9.17) is 16.3 Å². The first-order valence-corrected chi connectivity index (χ1v) is 8.67. The molecule has 3 aromatic rings. The molecule has 1 amide bonds. The number of amides is 1. The summed E-state index contributed by atoms with van der Waals surface area (Å²) in [4.78, 5) is 17.0. The normalized spacial score (nSPS) is 11.9. The highest BCUT2D eigenvalue weighted by Gasteiger charge is 2.09. The lowest BCUT2D eigenvalue weighted by atomic mass is 10.1. The number of nitrogens with zero attached hydrogens (tertiary/aromatic N) is 2. The molecule has 0 bridgehead atoms. The Balaban J connectivity index is 1.84. The summed E-state index contributed by atoms with van der Waals surface area (Å²) in [5.41, 5.74) is 3.54. The van der Waals surface area contributed by atoms with Crippen molar-refractivity contribution >= 4 is 39.1 Å². The van der Waals surface area contributed by atoms with Gasteiger partial charge in [-0.1, -0.05) is 29.0 Å². The number of benzene rings is 2. The number of halogens is 1. The Morgan fingerprint density at radius 3 is 2.62 bits per heavy atom. The topological polar surface area (TPSA) is 43.6 Å². The molecule has 0 spiro atoms. The van der Waals surface area contributed by atoms with Crippen LogP contribution in [0.1, 0.15) is 11.1 Å². The predicted octanol–water partition coefficient (Wildman–Crippen LogP) is 4.02. The zero-order valence-corrected chi connectivity index (χ0v) is 15.2. The van der Waals surface area contributed by atoms with E-state index in [1.54, 1.807) is 24.3 Å². The number of hydrogen-bond donors (Lipinski definition) is 0. The van der Waals surface area contributed by atoms with E-state index in [-0.39, 0.29) is 12.5 Å². The minimum atomic E-state index is -0.318. The standard InChI is InChI=1S/C18H17ClN2O2S/c1-11-4-9-15-17(12(11)2)21(3)18(24-15)20-16(22)10-23-14-7-5-13(19)6-8-14/h4-9H,10H2,1-3H3. The third-order valence-electron chi connectivity index (χ3n) is 3.88. The molecule has 0 aliphatic heterocycles. The molecule has 6 heteroatoms. The van der Waals surface area contributed by atoms with E-state index in [1.807, 2.05) is 11.6 Å². The van der Waals surface area contributed by atoms with E-state index in [2.05, 4.69) is 31.0 Å². The van der Waals surface area contributed by atoms with Crippen LogP contribution in [-0.2, 0) is 11.8 Å². The lowest BCUT2D eigenvalue weighted by Gasteiger charge is -2.04. The summed E-state index contributed by atoms with van der Waals surface area (Å²) in [6.45, 7) is 4.06. The van der Waals surface area contributed by atoms with Crippen molar-refractivity contribution in [1.82, 2.24) is 4.57 Å². The predicted molar refractivity (Wildman–Crippen MR) is 97.8 cm³/mol. The molecule has 0 N–H and O–H groups in total. The Morgan fingerprint density at radius 1 is 1.21 bits per heavy atom. The molecule has 0 fully saturated rings. The molecule has 2 aromatic carbocycles. The van der Waals surface area contributed by atoms with Gasteiger partial charge in [-0.2, -0.15) is 4.99 Å². The highest BCUT2D eigenvalue weighted by atomic mass is 35.5. The first kappa shape index (κ1) is 16.7. The lowest BCUT2D eigenvalue weighted by Crippen LogP contribution is -2.17. The quantitative estimate of drug-likeness (QED) is 0.708. The second-order valence-corrected chi connectivity index (χ2v) is 6.99. The van der Waals surface area contributed by atoms with Crippen molar-refractivity contribution in [2.45, 2.75) is 13.8 Å². The molecule has 0 aliphatic carbocycles. The van der Waals surface area contributed by atoms with Gasteiger partial charge in [0, 0.05) is 12.1 Å². The summed E-state index contributed by atoms with van der Waals surface area (Å²) < 4.78 is 8.52. The number of ether oxygens (including phenoxy) is 1. The van der Waals surface area contributed by atoms with Crippen LogP contribution in [0.5, 0.6) is 5.75 Å². The number of rotatable bonds is 3. The fourth-order valence-electron chi connectivity index (χ4n) is 2.45. The largest absolute Gasteiger partial charge is 0.484 e. The molecule has 1 heterocycles. The minimum absolute atomic E-state index is 0.103. The Morgan fingerprint density at radius 2 is 1.92 bits per heavy atom. The third-order valence-corrected chi connectivity index (χ3v) is 5.23. The van der Waals surface area contributed by atoms with E-state index in [0.717, 1.165) is 10.2 Å². The van der Waals surface area contributed by atoms with Gasteiger partial charge in [0.1, 0.15) is 5.75 Å². The number of thiazole rings is 1. The second-order valence-electron chi connectivity index (χ2n) is 5.55. The zero-order valence-electron chi connectivity index (χ0n) is 13.7. The number of carbonyl (C=O) groups excluding carboxylic acids is 1. The summed E-state index contributed by atoms with van der Waals surface area (Å²) >= 11 is 7.32. The molecule has 0 saturated carbocycles. The summed E-state index contributed by atoms with van der Waals surface area (Å²) in [6.07, 6.45) is 0. The van der Waals surface area contributed by atoms with Gasteiger partial charge >= 0.3 is 0 Å². The highest BCUT2D eigenvalue weighted by molar-refractivity contribution is 7.16. The molecular formula is C18H17ClN2O2S. The van der Waals surface area contributed by atoms with Gasteiger partial charge in [0.15, 0.2) is 11.4 Å². The van der Waals surface area contributed by atoms with Crippen molar-refractivity contribution < 1.29 is 9.53 Å². The number of aromatic nitrogens is 1. The first-order chi connectivity index (χ1) is 11.5. The minimum Gasteiger partial charge on any atom is -0.484 e. The van der Waals surface area contributed by atoms with Crippen LogP contribution >= 0.6 is 22.9 Å². The Labute approximate surface area is 149 Å². The van der Waals surface area contributed by atoms with Crippen molar-refractivity contribution in [3.8, 4) is 5.75 Å². The summed E-state index contributed by atoms with van der Waals surface area (Å²) in [5.74, 6) is 0.275. The van der Waals surface area contributed by atoms with Crippen molar-refractivity contribution in [1.29, 1.82) is 0 Å². The molecule has 0 aliphatic rings. The molecule has 24 heavy (non-hydrogen) atoms. The van der Waals surface area contributed by atoms with Crippen molar-refractivity contribution in [3.63, 3.8) is 0 Å². The number of hydrogen-bond acceptors (Lipinski definition) is 3. The maximum absolute atomic E-state index is 12.1. The van der Waals surface area contributed by atoms with E-state index in [0.29, 0.717) is 15.6 Å². The molecule has 0 saturated heterocycles. The molecule has 3 rings (SSSR count). The summed E-state index contributed by atoms with van der Waals surface area (Å²) in [6, 6.07) is 11.0. The second kappa shape index (κ2) is 6.79. The van der Waals surface area contributed by atoms with Gasteiger partial charge in [-0.05, 0) is 55.3 Å². The van der Waals surface area contributed by atoms with Gasteiger partial charge in [0.05, 0.1) is 10.2 Å². The smallest absolute Gasteiger partial charge is 0.286 e. The lowest BCUT2D eigenvalue weighted by molar-refractivity contribution is -0.120. The van der Waals surface area contributed by atoms with Gasteiger partial charge < -0.3 is 9.30 Å². The van der Waals surface area contributed by atoms with Gasteiger partial charge in [-0.25, -0.2) is 0 Å². The number of carbonyl (C=O) groups is 1. The van der Waals surface area contributed by atoms with Crippen molar-refractivity contribution in [2.24, 2.45) is 12.0 Å². The molecule has 4 nitrogen and oxygen atoms in total. The molecule has 124 valence electrons. The van der Waals surface area contributed by atoms with Crippen LogP contribution in [-0.4, -0.2) is 17.1 Å². The summed E-state index contributed by atoms with van der Waals surface area (Å²) in [5, 5.41) is 0.626. The van der Waals surface area contributed by atoms with E-state index < -0.39 is 0 Å². The van der Waals surface area contributed by atoms with E-state index in [9.17, 15) is 4.79 Å². The molecular weight excluding hydrogens is 344 g/mol. The van der Waals surface area contributed by atoms with Gasteiger partial charge in [-0.15, -0.1) is 0 Å². The van der Waals surface area contributed by atoms with Crippen LogP contribution in [0, 0.1) is 13.8 Å². The average Bonchev–Trinajstić information content (AvgIpc) is 2.87. The average molecular weight is 361 g/mol. The van der Waals surface area contributed by atoms with Gasteiger partial charge in [0.25, 0.3) is 5.91 Å². The van der Waals surface area contributed by atoms with Crippen LogP contribution in [0.4, 0.5) is 0 Å². The van der Waals surface area contributed by atoms with Crippen LogP contribution < -0.4 is 9.54 Å². The van der Waals surface area contributed by atoms with Gasteiger partial charge in [-0.3, -0.25) is 4.79 Å². The van der Waals surface area contributed by atoms with Crippen LogP contribution in [0.2, 0.25) is 5.02 Å². The number of fused-ring (bicyclic) bond motifs is 1. The molecule has 0 radical (unpaired) electrons. The Bertz CT molecular complexity index is 971.